The van der Waals surface area contributed by atoms with Crippen LogP contribution in [0.3, 0.4) is 0 Å². The summed E-state index contributed by atoms with van der Waals surface area (Å²) >= 11 is 0. The van der Waals surface area contributed by atoms with Gasteiger partial charge in [0.05, 0.1) is 0 Å². The molecule has 0 radical (unpaired) electrons. The zero-order valence-corrected chi connectivity index (χ0v) is 12.6. The Morgan fingerprint density at radius 2 is 1.80 bits per heavy atom. The molecular formula is C17H23NO2. The van der Waals surface area contributed by atoms with Crippen molar-refractivity contribution in [1.29, 1.82) is 0 Å². The van der Waals surface area contributed by atoms with Crippen LogP contribution in [-0.2, 0) is 4.74 Å². The van der Waals surface area contributed by atoms with Crippen molar-refractivity contribution in [2.45, 2.75) is 32.9 Å². The molecular weight excluding hydrogens is 250 g/mol. The molecule has 0 aliphatic carbocycles. The van der Waals surface area contributed by atoms with Crippen LogP contribution in [0.1, 0.15) is 32.4 Å². The zero-order valence-electron chi connectivity index (χ0n) is 12.6. The zero-order chi connectivity index (χ0) is 14.5. The summed E-state index contributed by atoms with van der Waals surface area (Å²) in [5.74, 6) is 0.908. The second-order valence-corrected chi connectivity index (χ2v) is 5.30. The van der Waals surface area contributed by atoms with E-state index < -0.39 is 0 Å². The number of hydrogen-bond donors (Lipinski definition) is 1. The number of nitrogens with one attached hydrogen (secondary N) is 1. The van der Waals surface area contributed by atoms with Gasteiger partial charge < -0.3 is 14.8 Å². The molecule has 0 heterocycles. The van der Waals surface area contributed by atoms with Crippen LogP contribution in [0.15, 0.2) is 36.4 Å². The van der Waals surface area contributed by atoms with Gasteiger partial charge >= 0.3 is 0 Å². The number of hydrogen-bond acceptors (Lipinski definition) is 3. The topological polar surface area (TPSA) is 30.5 Å². The van der Waals surface area contributed by atoms with Crippen LogP contribution in [0.2, 0.25) is 0 Å². The fourth-order valence-electron chi connectivity index (χ4n) is 2.47. The Morgan fingerprint density at radius 1 is 1.05 bits per heavy atom. The highest BCUT2D eigenvalue weighted by molar-refractivity contribution is 5.89. The lowest BCUT2D eigenvalue weighted by molar-refractivity contribution is 0.0512. The van der Waals surface area contributed by atoms with Gasteiger partial charge in [0.2, 0.25) is 0 Å². The van der Waals surface area contributed by atoms with Crippen molar-refractivity contribution >= 4 is 10.8 Å². The molecule has 0 saturated heterocycles. The summed E-state index contributed by atoms with van der Waals surface area (Å²) in [6.45, 7) is 6.71. The molecule has 0 amide bonds. The van der Waals surface area contributed by atoms with Crippen LogP contribution in [0.5, 0.6) is 5.75 Å². The maximum absolute atomic E-state index is 5.84. The predicted octanol–water partition coefficient (Wildman–Crippen LogP) is 3.88. The summed E-state index contributed by atoms with van der Waals surface area (Å²) in [5, 5.41) is 5.82. The van der Waals surface area contributed by atoms with Crippen LogP contribution in [0, 0.1) is 0 Å². The van der Waals surface area contributed by atoms with E-state index >= 15 is 0 Å². The van der Waals surface area contributed by atoms with E-state index in [1.807, 2.05) is 12.1 Å². The molecule has 3 nitrogen and oxygen atoms in total. The van der Waals surface area contributed by atoms with Crippen molar-refractivity contribution in [3.63, 3.8) is 0 Å². The summed E-state index contributed by atoms with van der Waals surface area (Å²) in [6.07, 6.45) is 0. The first-order chi connectivity index (χ1) is 9.63. The fourth-order valence-corrected chi connectivity index (χ4v) is 2.47. The van der Waals surface area contributed by atoms with Gasteiger partial charge in [-0.1, -0.05) is 50.2 Å². The van der Waals surface area contributed by atoms with Crippen LogP contribution >= 0.6 is 0 Å². The Kier molecular flexibility index (Phi) is 4.99. The van der Waals surface area contributed by atoms with Crippen molar-refractivity contribution in [3.05, 3.63) is 42.0 Å². The molecule has 2 aromatic rings. The second kappa shape index (κ2) is 6.73. The summed E-state index contributed by atoms with van der Waals surface area (Å²) < 4.78 is 10.9. The van der Waals surface area contributed by atoms with Crippen LogP contribution in [0.4, 0.5) is 0 Å². The summed E-state index contributed by atoms with van der Waals surface area (Å²) in [7, 11) is 1.64. The van der Waals surface area contributed by atoms with Gasteiger partial charge in [-0.2, -0.15) is 0 Å². The van der Waals surface area contributed by atoms with Gasteiger partial charge in [-0.05, 0) is 12.3 Å². The highest BCUT2D eigenvalue weighted by atomic mass is 16.7. The SMILES string of the molecule is COCOc1c(C(C)NC(C)C)ccc2ccccc12. The Hall–Kier alpha value is -1.58. The van der Waals surface area contributed by atoms with Gasteiger partial charge in [-0.3, -0.25) is 0 Å². The van der Waals surface area contributed by atoms with E-state index in [0.717, 1.165) is 16.7 Å². The van der Waals surface area contributed by atoms with Crippen molar-refractivity contribution in [2.75, 3.05) is 13.9 Å². The van der Waals surface area contributed by atoms with E-state index in [1.54, 1.807) is 7.11 Å². The first kappa shape index (κ1) is 14.8. The fraction of sp³-hybridized carbons (Fsp3) is 0.412. The molecule has 0 fully saturated rings. The first-order valence-electron chi connectivity index (χ1n) is 7.03. The minimum absolute atomic E-state index is 0.228. The molecule has 0 saturated carbocycles. The number of fused-ring (bicyclic) bond motifs is 1. The molecule has 108 valence electrons. The highest BCUT2D eigenvalue weighted by Gasteiger charge is 2.15. The van der Waals surface area contributed by atoms with Crippen molar-refractivity contribution in [1.82, 2.24) is 5.32 Å². The van der Waals surface area contributed by atoms with E-state index in [2.05, 4.69) is 50.4 Å². The minimum Gasteiger partial charge on any atom is -0.467 e. The van der Waals surface area contributed by atoms with Crippen molar-refractivity contribution in [3.8, 4) is 5.75 Å². The normalized spacial score (nSPS) is 12.8. The van der Waals surface area contributed by atoms with Gasteiger partial charge in [0.15, 0.2) is 6.79 Å². The Balaban J connectivity index is 2.46. The Morgan fingerprint density at radius 3 is 2.50 bits per heavy atom. The number of ether oxygens (including phenoxy) is 2. The average Bonchev–Trinajstić information content (AvgIpc) is 2.43. The molecule has 2 rings (SSSR count). The van der Waals surface area contributed by atoms with Gasteiger partial charge in [0.25, 0.3) is 0 Å². The molecule has 0 aromatic heterocycles. The molecule has 2 aromatic carbocycles. The standard InChI is InChI=1S/C17H23NO2/c1-12(2)18-13(3)15-10-9-14-7-5-6-8-16(14)17(15)20-11-19-4/h5-10,12-13,18H,11H2,1-4H3. The largest absolute Gasteiger partial charge is 0.467 e. The maximum atomic E-state index is 5.84. The third-order valence-electron chi connectivity index (χ3n) is 3.28. The molecule has 3 heteroatoms. The van der Waals surface area contributed by atoms with E-state index in [4.69, 9.17) is 9.47 Å². The molecule has 20 heavy (non-hydrogen) atoms. The van der Waals surface area contributed by atoms with E-state index in [0.29, 0.717) is 6.04 Å². The summed E-state index contributed by atoms with van der Waals surface area (Å²) in [6, 6.07) is 13.2. The second-order valence-electron chi connectivity index (χ2n) is 5.30. The van der Waals surface area contributed by atoms with Gasteiger partial charge in [-0.15, -0.1) is 0 Å². The molecule has 0 spiro atoms. The third kappa shape index (κ3) is 3.30. The molecule has 1 atom stereocenters. The number of methoxy groups -OCH3 is 1. The summed E-state index contributed by atoms with van der Waals surface area (Å²) in [5.41, 5.74) is 1.16. The lowest BCUT2D eigenvalue weighted by Gasteiger charge is -2.21. The molecule has 0 aliphatic heterocycles. The quantitative estimate of drug-likeness (QED) is 0.810. The first-order valence-corrected chi connectivity index (χ1v) is 7.03. The van der Waals surface area contributed by atoms with E-state index in [1.165, 1.54) is 5.39 Å². The predicted molar refractivity (Wildman–Crippen MR) is 83.1 cm³/mol. The number of rotatable bonds is 6. The highest BCUT2D eigenvalue weighted by Crippen LogP contribution is 2.33. The van der Waals surface area contributed by atoms with E-state index in [-0.39, 0.29) is 12.8 Å². The molecule has 0 aliphatic rings. The van der Waals surface area contributed by atoms with Crippen LogP contribution in [-0.4, -0.2) is 19.9 Å². The van der Waals surface area contributed by atoms with E-state index in [9.17, 15) is 0 Å². The molecule has 0 bridgehead atoms. The average molecular weight is 273 g/mol. The smallest absolute Gasteiger partial charge is 0.188 e. The Bertz CT molecular complexity index is 566. The van der Waals surface area contributed by atoms with Gasteiger partial charge in [-0.25, -0.2) is 0 Å². The van der Waals surface area contributed by atoms with Crippen LogP contribution in [0.25, 0.3) is 10.8 Å². The monoisotopic (exact) mass is 273 g/mol. The Labute approximate surface area is 120 Å². The molecule has 1 unspecified atom stereocenters. The lowest BCUT2D eigenvalue weighted by atomic mass is 10.0. The van der Waals surface area contributed by atoms with Crippen molar-refractivity contribution in [2.24, 2.45) is 0 Å². The number of benzene rings is 2. The van der Waals surface area contributed by atoms with Crippen LogP contribution < -0.4 is 10.1 Å². The lowest BCUT2D eigenvalue weighted by Crippen LogP contribution is -2.26. The third-order valence-corrected chi connectivity index (χ3v) is 3.28. The maximum Gasteiger partial charge on any atom is 0.188 e. The summed E-state index contributed by atoms with van der Waals surface area (Å²) in [4.78, 5) is 0. The van der Waals surface area contributed by atoms with Gasteiger partial charge in [0, 0.05) is 30.1 Å². The molecule has 1 N–H and O–H groups in total. The van der Waals surface area contributed by atoms with Gasteiger partial charge in [0.1, 0.15) is 5.75 Å². The van der Waals surface area contributed by atoms with Crippen molar-refractivity contribution < 1.29 is 9.47 Å². The minimum atomic E-state index is 0.228.